The highest BCUT2D eigenvalue weighted by Crippen LogP contribution is 2.40. The van der Waals surface area contributed by atoms with E-state index >= 15 is 0 Å². The van der Waals surface area contributed by atoms with E-state index in [9.17, 15) is 14.4 Å². The highest BCUT2D eigenvalue weighted by Gasteiger charge is 2.54. The number of ketones is 1. The molecule has 0 saturated carbocycles. The predicted octanol–water partition coefficient (Wildman–Crippen LogP) is 2.57. The molecule has 1 aliphatic carbocycles. The first kappa shape index (κ1) is 19.0. The lowest BCUT2D eigenvalue weighted by molar-refractivity contribution is -0.174. The molecule has 1 atom stereocenters. The van der Waals surface area contributed by atoms with Gasteiger partial charge in [0.05, 0.1) is 20.3 Å². The maximum Gasteiger partial charge on any atom is 0.323 e. The molecule has 0 unspecified atom stereocenters. The van der Waals surface area contributed by atoms with Crippen molar-refractivity contribution < 1.29 is 28.6 Å². The van der Waals surface area contributed by atoms with E-state index in [1.807, 2.05) is 6.07 Å². The number of hydrogen-bond donors (Lipinski definition) is 0. The SMILES string of the molecule is CCOC(=O)C(C)(C(=O)OCC)[C@@H]1CCc2cc(OC)ccc2C1=O. The van der Waals surface area contributed by atoms with Gasteiger partial charge in [-0.3, -0.25) is 14.4 Å². The summed E-state index contributed by atoms with van der Waals surface area (Å²) in [5.74, 6) is -1.82. The predicted molar refractivity (Wildman–Crippen MR) is 90.5 cm³/mol. The van der Waals surface area contributed by atoms with E-state index in [0.717, 1.165) is 5.56 Å². The molecule has 1 aromatic carbocycles. The Bertz CT molecular complexity index is 660. The van der Waals surface area contributed by atoms with Crippen molar-refractivity contribution in [1.29, 1.82) is 0 Å². The second-order valence-electron chi connectivity index (χ2n) is 6.12. The first-order valence-corrected chi connectivity index (χ1v) is 8.45. The van der Waals surface area contributed by atoms with Crippen LogP contribution in [0, 0.1) is 11.3 Å². The van der Waals surface area contributed by atoms with Crippen LogP contribution in [0.4, 0.5) is 0 Å². The van der Waals surface area contributed by atoms with Crippen molar-refractivity contribution in [2.24, 2.45) is 11.3 Å². The van der Waals surface area contributed by atoms with Crippen molar-refractivity contribution in [3.8, 4) is 5.75 Å². The summed E-state index contributed by atoms with van der Waals surface area (Å²) in [7, 11) is 1.56. The summed E-state index contributed by atoms with van der Waals surface area (Å²) in [4.78, 5) is 38.1. The van der Waals surface area contributed by atoms with E-state index in [0.29, 0.717) is 24.2 Å². The number of aryl methyl sites for hydroxylation is 1. The molecule has 6 heteroatoms. The standard InChI is InChI=1S/C19H24O6/c1-5-24-17(21)19(3,18(22)25-6-2)15-10-7-12-11-13(23-4)8-9-14(12)16(15)20/h8-9,11,15H,5-7,10H2,1-4H3/t15-/m1/s1. The minimum Gasteiger partial charge on any atom is -0.497 e. The van der Waals surface area contributed by atoms with Gasteiger partial charge in [0.1, 0.15) is 5.75 Å². The average Bonchev–Trinajstić information content (AvgIpc) is 2.61. The van der Waals surface area contributed by atoms with E-state index in [4.69, 9.17) is 14.2 Å². The Morgan fingerprint density at radius 3 is 2.28 bits per heavy atom. The molecule has 6 nitrogen and oxygen atoms in total. The normalized spacial score (nSPS) is 16.8. The van der Waals surface area contributed by atoms with Crippen molar-refractivity contribution in [1.82, 2.24) is 0 Å². The van der Waals surface area contributed by atoms with Crippen LogP contribution in [0.15, 0.2) is 18.2 Å². The fraction of sp³-hybridized carbons (Fsp3) is 0.526. The summed E-state index contributed by atoms with van der Waals surface area (Å²) < 4.78 is 15.4. The number of ether oxygens (including phenoxy) is 3. The summed E-state index contributed by atoms with van der Waals surface area (Å²) in [6.45, 7) is 5.02. The molecule has 0 aromatic heterocycles. The van der Waals surface area contributed by atoms with E-state index < -0.39 is 23.3 Å². The van der Waals surface area contributed by atoms with Crippen LogP contribution in [-0.4, -0.2) is 38.0 Å². The lowest BCUT2D eigenvalue weighted by Crippen LogP contribution is -2.49. The Morgan fingerprint density at radius 2 is 1.76 bits per heavy atom. The smallest absolute Gasteiger partial charge is 0.323 e. The topological polar surface area (TPSA) is 78.9 Å². The van der Waals surface area contributed by atoms with Gasteiger partial charge in [-0.2, -0.15) is 0 Å². The molecule has 2 rings (SSSR count). The Balaban J connectivity index is 2.43. The highest BCUT2D eigenvalue weighted by molar-refractivity contribution is 6.10. The number of Topliss-reactive ketones (excluding diaryl/α,β-unsaturated/α-hetero) is 1. The number of methoxy groups -OCH3 is 1. The van der Waals surface area contributed by atoms with Crippen LogP contribution in [0.25, 0.3) is 0 Å². The van der Waals surface area contributed by atoms with E-state index in [-0.39, 0.29) is 19.0 Å². The second kappa shape index (κ2) is 7.68. The largest absolute Gasteiger partial charge is 0.497 e. The fourth-order valence-corrected chi connectivity index (χ4v) is 3.24. The quantitative estimate of drug-likeness (QED) is 0.581. The third kappa shape index (κ3) is 3.38. The number of carbonyl (C=O) groups excluding carboxylic acids is 3. The van der Waals surface area contributed by atoms with Gasteiger partial charge >= 0.3 is 11.9 Å². The third-order valence-corrected chi connectivity index (χ3v) is 4.69. The van der Waals surface area contributed by atoms with Gasteiger partial charge in [-0.05, 0) is 57.4 Å². The zero-order valence-corrected chi connectivity index (χ0v) is 15.1. The monoisotopic (exact) mass is 348 g/mol. The molecule has 0 bridgehead atoms. The molecule has 1 aromatic rings. The minimum atomic E-state index is -1.65. The molecule has 25 heavy (non-hydrogen) atoms. The number of rotatable bonds is 6. The zero-order chi connectivity index (χ0) is 18.6. The van der Waals surface area contributed by atoms with Crippen LogP contribution in [-0.2, 0) is 25.5 Å². The molecule has 0 spiro atoms. The number of esters is 2. The third-order valence-electron chi connectivity index (χ3n) is 4.69. The molecule has 0 radical (unpaired) electrons. The Hall–Kier alpha value is -2.37. The van der Waals surface area contributed by atoms with E-state index in [2.05, 4.69) is 0 Å². The van der Waals surface area contributed by atoms with Crippen LogP contribution in [0.2, 0.25) is 0 Å². The van der Waals surface area contributed by atoms with Crippen molar-refractivity contribution >= 4 is 17.7 Å². The van der Waals surface area contributed by atoms with Crippen molar-refractivity contribution in [3.63, 3.8) is 0 Å². The van der Waals surface area contributed by atoms with Gasteiger partial charge in [-0.15, -0.1) is 0 Å². The summed E-state index contributed by atoms with van der Waals surface area (Å²) in [5.41, 5.74) is -0.284. The van der Waals surface area contributed by atoms with Gasteiger partial charge in [-0.1, -0.05) is 0 Å². The minimum absolute atomic E-state index is 0.128. The van der Waals surface area contributed by atoms with Gasteiger partial charge in [0.25, 0.3) is 0 Å². The first-order valence-electron chi connectivity index (χ1n) is 8.45. The number of hydrogen-bond acceptors (Lipinski definition) is 6. The Labute approximate surface area is 147 Å². The molecule has 0 saturated heterocycles. The fourth-order valence-electron chi connectivity index (χ4n) is 3.24. The van der Waals surface area contributed by atoms with Gasteiger partial charge in [-0.25, -0.2) is 0 Å². The van der Waals surface area contributed by atoms with Crippen molar-refractivity contribution in [3.05, 3.63) is 29.3 Å². The van der Waals surface area contributed by atoms with Gasteiger partial charge in [0, 0.05) is 11.5 Å². The highest BCUT2D eigenvalue weighted by atomic mass is 16.6. The lowest BCUT2D eigenvalue weighted by atomic mass is 9.67. The molecule has 0 N–H and O–H groups in total. The summed E-state index contributed by atoms with van der Waals surface area (Å²) in [6.07, 6.45) is 0.935. The Morgan fingerprint density at radius 1 is 1.16 bits per heavy atom. The average molecular weight is 348 g/mol. The van der Waals surface area contributed by atoms with E-state index in [1.54, 1.807) is 33.1 Å². The molecular weight excluding hydrogens is 324 g/mol. The molecule has 136 valence electrons. The Kier molecular flexibility index (Phi) is 5.82. The lowest BCUT2D eigenvalue weighted by Gasteiger charge is -2.35. The molecule has 0 heterocycles. The number of benzene rings is 1. The summed E-state index contributed by atoms with van der Waals surface area (Å²) in [6, 6.07) is 5.19. The molecular formula is C19H24O6. The molecule has 0 fully saturated rings. The maximum atomic E-state index is 13.0. The van der Waals surface area contributed by atoms with Crippen LogP contribution in [0.3, 0.4) is 0 Å². The van der Waals surface area contributed by atoms with Crippen molar-refractivity contribution in [2.45, 2.75) is 33.6 Å². The second-order valence-corrected chi connectivity index (χ2v) is 6.12. The van der Waals surface area contributed by atoms with Crippen LogP contribution in [0.1, 0.15) is 43.1 Å². The molecule has 0 amide bonds. The zero-order valence-electron chi connectivity index (χ0n) is 15.1. The molecule has 0 aliphatic heterocycles. The number of carbonyl (C=O) groups is 3. The summed E-state index contributed by atoms with van der Waals surface area (Å²) >= 11 is 0. The van der Waals surface area contributed by atoms with Crippen LogP contribution < -0.4 is 4.74 Å². The molecule has 1 aliphatic rings. The maximum absolute atomic E-state index is 13.0. The van der Waals surface area contributed by atoms with Crippen LogP contribution >= 0.6 is 0 Å². The van der Waals surface area contributed by atoms with Gasteiger partial charge in [0.2, 0.25) is 0 Å². The van der Waals surface area contributed by atoms with Gasteiger partial charge < -0.3 is 14.2 Å². The van der Waals surface area contributed by atoms with Crippen molar-refractivity contribution in [2.75, 3.05) is 20.3 Å². The van der Waals surface area contributed by atoms with E-state index in [1.165, 1.54) is 6.92 Å². The van der Waals surface area contributed by atoms with Gasteiger partial charge in [0.15, 0.2) is 11.2 Å². The summed E-state index contributed by atoms with van der Waals surface area (Å²) in [5, 5.41) is 0. The number of fused-ring (bicyclic) bond motifs is 1. The first-order chi connectivity index (χ1) is 11.9. The van der Waals surface area contributed by atoms with Crippen LogP contribution in [0.5, 0.6) is 5.75 Å².